The van der Waals surface area contributed by atoms with E-state index in [1.165, 1.54) is 31.5 Å². The van der Waals surface area contributed by atoms with Crippen LogP contribution in [0.2, 0.25) is 0 Å². The lowest BCUT2D eigenvalue weighted by Gasteiger charge is -2.24. The number of carbonyl (C=O) groups excluding carboxylic acids is 3. The molecule has 1 rings (SSSR count). The van der Waals surface area contributed by atoms with Crippen LogP contribution in [0, 0.1) is 11.8 Å². The first-order valence-electron chi connectivity index (χ1n) is 10.1. The van der Waals surface area contributed by atoms with Crippen molar-refractivity contribution in [1.29, 1.82) is 0 Å². The topological polar surface area (TPSA) is 137 Å². The Labute approximate surface area is 177 Å². The minimum Gasteiger partial charge on any atom is -0.480 e. The maximum absolute atomic E-state index is 12.7. The number of nitrogens with zero attached hydrogens (tertiary/aromatic N) is 1. The third kappa shape index (κ3) is 8.59. The van der Waals surface area contributed by atoms with Gasteiger partial charge in [-0.2, -0.15) is 0 Å². The third-order valence-electron chi connectivity index (χ3n) is 4.35. The lowest BCUT2D eigenvalue weighted by atomic mass is 10.0. The van der Waals surface area contributed by atoms with Gasteiger partial charge in [-0.05, 0) is 43.7 Å². The molecule has 0 saturated carbocycles. The van der Waals surface area contributed by atoms with Crippen molar-refractivity contribution in [1.82, 2.24) is 20.9 Å². The predicted molar refractivity (Wildman–Crippen MR) is 112 cm³/mol. The van der Waals surface area contributed by atoms with Gasteiger partial charge in [0.15, 0.2) is 0 Å². The molecule has 0 fully saturated rings. The number of aliphatic carboxylic acids is 1. The Morgan fingerprint density at radius 2 is 1.37 bits per heavy atom. The summed E-state index contributed by atoms with van der Waals surface area (Å²) in [5, 5.41) is 17.0. The summed E-state index contributed by atoms with van der Waals surface area (Å²) in [6, 6.07) is 0.244. The van der Waals surface area contributed by atoms with Gasteiger partial charge in [-0.1, -0.05) is 27.7 Å². The summed E-state index contributed by atoms with van der Waals surface area (Å²) in [5.74, 6) is -2.46. The maximum atomic E-state index is 12.7. The van der Waals surface area contributed by atoms with Crippen LogP contribution in [-0.2, 0) is 14.4 Å². The molecule has 0 aliphatic carbocycles. The molecule has 1 aromatic rings. The molecule has 1 heterocycles. The van der Waals surface area contributed by atoms with Gasteiger partial charge in [0.2, 0.25) is 11.8 Å². The van der Waals surface area contributed by atoms with Gasteiger partial charge in [-0.15, -0.1) is 0 Å². The fourth-order valence-corrected chi connectivity index (χ4v) is 2.82. The van der Waals surface area contributed by atoms with Crippen LogP contribution in [-0.4, -0.2) is 51.9 Å². The second-order valence-electron chi connectivity index (χ2n) is 8.15. The molecule has 0 spiro atoms. The highest BCUT2D eigenvalue weighted by molar-refractivity contribution is 5.98. The maximum Gasteiger partial charge on any atom is 0.326 e. The zero-order valence-electron chi connectivity index (χ0n) is 18.1. The minimum absolute atomic E-state index is 0.0788. The van der Waals surface area contributed by atoms with E-state index in [1.807, 2.05) is 27.7 Å². The van der Waals surface area contributed by atoms with E-state index in [1.54, 1.807) is 0 Å². The molecule has 0 bridgehead atoms. The predicted octanol–water partition coefficient (Wildman–Crippen LogP) is 1.35. The summed E-state index contributed by atoms with van der Waals surface area (Å²) in [4.78, 5) is 52.7. The van der Waals surface area contributed by atoms with E-state index in [2.05, 4.69) is 20.9 Å². The average Bonchev–Trinajstić information content (AvgIpc) is 2.66. The first-order chi connectivity index (χ1) is 14.0. The van der Waals surface area contributed by atoms with E-state index in [-0.39, 0.29) is 18.3 Å². The lowest BCUT2D eigenvalue weighted by Crippen LogP contribution is -2.55. The molecule has 9 heteroatoms. The van der Waals surface area contributed by atoms with Crippen molar-refractivity contribution in [3.63, 3.8) is 0 Å². The van der Waals surface area contributed by atoms with Crippen LogP contribution in [0.4, 0.5) is 0 Å². The highest BCUT2D eigenvalue weighted by Gasteiger charge is 2.28. The summed E-state index contributed by atoms with van der Waals surface area (Å²) in [6.45, 7) is 9.01. The average molecular weight is 421 g/mol. The van der Waals surface area contributed by atoms with Crippen molar-refractivity contribution in [2.45, 2.75) is 65.6 Å². The zero-order valence-corrected chi connectivity index (χ0v) is 18.1. The molecule has 166 valence electrons. The van der Waals surface area contributed by atoms with Gasteiger partial charge in [0.1, 0.15) is 18.1 Å². The Morgan fingerprint density at radius 3 is 1.87 bits per heavy atom. The normalized spacial score (nSPS) is 14.0. The summed E-state index contributed by atoms with van der Waals surface area (Å²) in [5.41, 5.74) is 0.371. The number of amides is 3. The second kappa shape index (κ2) is 11.9. The van der Waals surface area contributed by atoms with E-state index in [0.29, 0.717) is 12.0 Å². The quantitative estimate of drug-likeness (QED) is 0.426. The first-order valence-corrected chi connectivity index (χ1v) is 10.1. The van der Waals surface area contributed by atoms with Crippen molar-refractivity contribution in [2.75, 3.05) is 0 Å². The largest absolute Gasteiger partial charge is 0.480 e. The van der Waals surface area contributed by atoms with E-state index in [4.69, 9.17) is 0 Å². The molecule has 0 unspecified atom stereocenters. The minimum atomic E-state index is -1.13. The number of aromatic nitrogens is 1. The number of rotatable bonds is 11. The van der Waals surface area contributed by atoms with Crippen LogP contribution >= 0.6 is 0 Å². The number of nitrogens with one attached hydrogen (secondary N) is 3. The van der Waals surface area contributed by atoms with Gasteiger partial charge in [-0.25, -0.2) is 4.79 Å². The van der Waals surface area contributed by atoms with E-state index in [9.17, 15) is 24.3 Å². The van der Waals surface area contributed by atoms with E-state index < -0.39 is 41.8 Å². The number of hydrogen-bond donors (Lipinski definition) is 4. The molecule has 0 aliphatic heterocycles. The van der Waals surface area contributed by atoms with Crippen LogP contribution < -0.4 is 16.0 Å². The van der Waals surface area contributed by atoms with E-state index >= 15 is 0 Å². The van der Waals surface area contributed by atoms with Gasteiger partial charge < -0.3 is 21.1 Å². The Bertz CT molecular complexity index is 736. The van der Waals surface area contributed by atoms with Gasteiger partial charge >= 0.3 is 5.97 Å². The highest BCUT2D eigenvalue weighted by atomic mass is 16.4. The van der Waals surface area contributed by atoms with Crippen molar-refractivity contribution < 1.29 is 24.3 Å². The third-order valence-corrected chi connectivity index (χ3v) is 4.35. The van der Waals surface area contributed by atoms with Gasteiger partial charge in [-0.3, -0.25) is 19.4 Å². The fraction of sp³-hybridized carbons (Fsp3) is 0.571. The van der Waals surface area contributed by atoms with Crippen molar-refractivity contribution in [2.24, 2.45) is 11.8 Å². The van der Waals surface area contributed by atoms with Gasteiger partial charge in [0.05, 0.1) is 0 Å². The molecule has 4 N–H and O–H groups in total. The second-order valence-corrected chi connectivity index (χ2v) is 8.15. The molecular formula is C21H32N4O5. The van der Waals surface area contributed by atoms with E-state index in [0.717, 1.165) is 0 Å². The number of pyridine rings is 1. The molecule has 9 nitrogen and oxygen atoms in total. The Balaban J connectivity index is 2.78. The first kappa shape index (κ1) is 25.1. The zero-order chi connectivity index (χ0) is 22.8. The standard InChI is InChI=1S/C21H32N4O5/c1-12(2)10-16(24-19(27)15-6-8-22-9-7-15)20(28)23-14(5)18(26)25-17(21(29)30)11-13(3)4/h6-9,12-14,16-17H,10-11H2,1-5H3,(H,23,28)(H,24,27)(H,25,26)(H,29,30)/t14-,16-,17-/m0/s1. The van der Waals surface area contributed by atoms with Crippen LogP contribution in [0.1, 0.15) is 57.8 Å². The fourth-order valence-electron chi connectivity index (χ4n) is 2.82. The Kier molecular flexibility index (Phi) is 9.94. The lowest BCUT2D eigenvalue weighted by molar-refractivity contribution is -0.142. The SMILES string of the molecule is CC(C)C[C@H](NC(=O)[C@H](C)NC(=O)[C@H](CC(C)C)NC(=O)c1ccncc1)C(=O)O. The summed E-state index contributed by atoms with van der Waals surface area (Å²) >= 11 is 0. The molecule has 0 radical (unpaired) electrons. The summed E-state index contributed by atoms with van der Waals surface area (Å²) in [7, 11) is 0. The molecule has 3 atom stereocenters. The van der Waals surface area contributed by atoms with Crippen LogP contribution in [0.15, 0.2) is 24.5 Å². The van der Waals surface area contributed by atoms with Crippen LogP contribution in [0.3, 0.4) is 0 Å². The monoisotopic (exact) mass is 420 g/mol. The Morgan fingerprint density at radius 1 is 0.833 bits per heavy atom. The van der Waals surface area contributed by atoms with Crippen LogP contribution in [0.5, 0.6) is 0 Å². The highest BCUT2D eigenvalue weighted by Crippen LogP contribution is 2.08. The number of carboxylic acids is 1. The molecule has 0 aliphatic rings. The summed E-state index contributed by atoms with van der Waals surface area (Å²) < 4.78 is 0. The molecule has 3 amide bonds. The number of hydrogen-bond acceptors (Lipinski definition) is 5. The number of carbonyl (C=O) groups is 4. The molecular weight excluding hydrogens is 388 g/mol. The molecule has 0 saturated heterocycles. The molecule has 1 aromatic heterocycles. The van der Waals surface area contributed by atoms with Gasteiger partial charge in [0, 0.05) is 18.0 Å². The van der Waals surface area contributed by atoms with Crippen molar-refractivity contribution in [3.8, 4) is 0 Å². The van der Waals surface area contributed by atoms with Crippen molar-refractivity contribution >= 4 is 23.7 Å². The smallest absolute Gasteiger partial charge is 0.326 e. The van der Waals surface area contributed by atoms with Gasteiger partial charge in [0.25, 0.3) is 5.91 Å². The molecule has 30 heavy (non-hydrogen) atoms. The van der Waals surface area contributed by atoms with Crippen molar-refractivity contribution in [3.05, 3.63) is 30.1 Å². The molecule has 0 aromatic carbocycles. The Hall–Kier alpha value is -2.97. The number of carboxylic acid groups (broad SMARTS) is 1. The van der Waals surface area contributed by atoms with Crippen LogP contribution in [0.25, 0.3) is 0 Å². The summed E-state index contributed by atoms with van der Waals surface area (Å²) in [6.07, 6.45) is 3.62.